The van der Waals surface area contributed by atoms with Gasteiger partial charge in [-0.05, 0) is 25.5 Å². The minimum atomic E-state index is -0.133. The summed E-state index contributed by atoms with van der Waals surface area (Å²) >= 11 is 0. The van der Waals surface area contributed by atoms with Gasteiger partial charge in [-0.15, -0.1) is 0 Å². The van der Waals surface area contributed by atoms with E-state index in [1.54, 1.807) is 6.26 Å². The first-order chi connectivity index (χ1) is 8.59. The predicted molar refractivity (Wildman–Crippen MR) is 69.3 cm³/mol. The molecule has 1 aliphatic carbocycles. The molecule has 0 saturated heterocycles. The van der Waals surface area contributed by atoms with Crippen LogP contribution in [0.1, 0.15) is 39.0 Å². The summed E-state index contributed by atoms with van der Waals surface area (Å²) in [7, 11) is 0. The standard InChI is InChI=1S/C14H23NO3/c1-4-17-13-8-12(14(13,2)3)15-10(9-16)11-6-5-7-18-11/h5-7,10,12-13,15-16H,4,8-9H2,1-3H3. The summed E-state index contributed by atoms with van der Waals surface area (Å²) in [6.07, 6.45) is 2.92. The molecule has 1 saturated carbocycles. The molecule has 0 spiro atoms. The average molecular weight is 253 g/mol. The third kappa shape index (κ3) is 2.46. The molecule has 0 aromatic carbocycles. The highest BCUT2D eigenvalue weighted by Crippen LogP contribution is 2.43. The second-order valence-electron chi connectivity index (χ2n) is 5.47. The van der Waals surface area contributed by atoms with E-state index < -0.39 is 0 Å². The van der Waals surface area contributed by atoms with Crippen LogP contribution < -0.4 is 5.32 Å². The predicted octanol–water partition coefficient (Wildman–Crippen LogP) is 2.11. The molecule has 4 nitrogen and oxygen atoms in total. The Morgan fingerprint density at radius 2 is 2.39 bits per heavy atom. The number of aliphatic hydroxyl groups is 1. The van der Waals surface area contributed by atoms with Crippen LogP contribution in [0.2, 0.25) is 0 Å². The molecule has 1 aliphatic rings. The minimum absolute atomic E-state index is 0.0411. The van der Waals surface area contributed by atoms with Crippen molar-refractivity contribution in [2.24, 2.45) is 5.41 Å². The molecule has 1 aromatic rings. The second kappa shape index (κ2) is 5.43. The summed E-state index contributed by atoms with van der Waals surface area (Å²) < 4.78 is 11.0. The number of nitrogens with one attached hydrogen (secondary N) is 1. The summed E-state index contributed by atoms with van der Waals surface area (Å²) in [5.74, 6) is 0.785. The van der Waals surface area contributed by atoms with Gasteiger partial charge >= 0.3 is 0 Å². The third-order valence-corrected chi connectivity index (χ3v) is 4.02. The molecular weight excluding hydrogens is 230 g/mol. The van der Waals surface area contributed by atoms with Gasteiger partial charge in [0.25, 0.3) is 0 Å². The van der Waals surface area contributed by atoms with Crippen LogP contribution in [0.25, 0.3) is 0 Å². The first-order valence-electron chi connectivity index (χ1n) is 6.61. The van der Waals surface area contributed by atoms with Crippen LogP contribution in [0.4, 0.5) is 0 Å². The fourth-order valence-corrected chi connectivity index (χ4v) is 2.61. The Kier molecular flexibility index (Phi) is 4.10. The summed E-state index contributed by atoms with van der Waals surface area (Å²) in [4.78, 5) is 0. The van der Waals surface area contributed by atoms with Gasteiger partial charge < -0.3 is 19.6 Å². The molecule has 2 rings (SSSR count). The lowest BCUT2D eigenvalue weighted by Crippen LogP contribution is -2.61. The quantitative estimate of drug-likeness (QED) is 0.815. The van der Waals surface area contributed by atoms with Crippen molar-refractivity contribution in [3.63, 3.8) is 0 Å². The van der Waals surface area contributed by atoms with E-state index in [0.29, 0.717) is 12.1 Å². The van der Waals surface area contributed by atoms with Crippen molar-refractivity contribution in [3.8, 4) is 0 Å². The third-order valence-electron chi connectivity index (χ3n) is 4.02. The van der Waals surface area contributed by atoms with Crippen molar-refractivity contribution in [2.45, 2.75) is 45.4 Å². The Labute approximate surface area is 108 Å². The molecule has 1 fully saturated rings. The normalized spacial score (nSPS) is 27.8. The molecule has 1 heterocycles. The summed E-state index contributed by atoms with van der Waals surface area (Å²) in [6.45, 7) is 7.22. The number of rotatable bonds is 6. The van der Waals surface area contributed by atoms with Crippen molar-refractivity contribution in [1.29, 1.82) is 0 Å². The molecule has 0 bridgehead atoms. The SMILES string of the molecule is CCOC1CC(NC(CO)c2ccco2)C1(C)C. The van der Waals surface area contributed by atoms with Crippen molar-refractivity contribution in [2.75, 3.05) is 13.2 Å². The molecule has 3 atom stereocenters. The zero-order chi connectivity index (χ0) is 13.2. The van der Waals surface area contributed by atoms with E-state index in [-0.39, 0.29) is 18.1 Å². The Balaban J connectivity index is 1.94. The van der Waals surface area contributed by atoms with Gasteiger partial charge in [0, 0.05) is 18.1 Å². The lowest BCUT2D eigenvalue weighted by Gasteiger charge is -2.52. The first kappa shape index (κ1) is 13.6. The van der Waals surface area contributed by atoms with Gasteiger partial charge in [-0.1, -0.05) is 13.8 Å². The smallest absolute Gasteiger partial charge is 0.123 e. The summed E-state index contributed by atoms with van der Waals surface area (Å²) in [5.41, 5.74) is 0.0933. The number of hydrogen-bond donors (Lipinski definition) is 2. The van der Waals surface area contributed by atoms with Crippen LogP contribution in [0.5, 0.6) is 0 Å². The van der Waals surface area contributed by atoms with Crippen LogP contribution >= 0.6 is 0 Å². The largest absolute Gasteiger partial charge is 0.468 e. The van der Waals surface area contributed by atoms with Gasteiger partial charge in [-0.3, -0.25) is 0 Å². The van der Waals surface area contributed by atoms with Crippen LogP contribution in [0.15, 0.2) is 22.8 Å². The number of hydrogen-bond acceptors (Lipinski definition) is 4. The molecule has 1 aromatic heterocycles. The Bertz CT molecular complexity index is 361. The van der Waals surface area contributed by atoms with Crippen molar-refractivity contribution in [1.82, 2.24) is 5.32 Å². The van der Waals surface area contributed by atoms with Gasteiger partial charge in [0.05, 0.1) is 25.0 Å². The van der Waals surface area contributed by atoms with Gasteiger partial charge in [0.15, 0.2) is 0 Å². The summed E-state index contributed by atoms with van der Waals surface area (Å²) in [6, 6.07) is 3.94. The number of ether oxygens (including phenoxy) is 1. The highest BCUT2D eigenvalue weighted by Gasteiger charge is 2.49. The average Bonchev–Trinajstić information content (AvgIpc) is 2.86. The second-order valence-corrected chi connectivity index (χ2v) is 5.47. The van der Waals surface area contributed by atoms with Crippen LogP contribution in [0, 0.1) is 5.41 Å². The zero-order valence-electron chi connectivity index (χ0n) is 11.3. The first-order valence-corrected chi connectivity index (χ1v) is 6.61. The monoisotopic (exact) mass is 253 g/mol. The highest BCUT2D eigenvalue weighted by atomic mass is 16.5. The highest BCUT2D eigenvalue weighted by molar-refractivity contribution is 5.09. The molecule has 0 radical (unpaired) electrons. The topological polar surface area (TPSA) is 54.6 Å². The van der Waals surface area contributed by atoms with Gasteiger partial charge in [0.2, 0.25) is 0 Å². The molecule has 0 amide bonds. The molecule has 3 unspecified atom stereocenters. The number of aliphatic hydroxyl groups excluding tert-OH is 1. The van der Waals surface area contributed by atoms with E-state index in [2.05, 4.69) is 19.2 Å². The van der Waals surface area contributed by atoms with Crippen LogP contribution in [0.3, 0.4) is 0 Å². The van der Waals surface area contributed by atoms with Gasteiger partial charge in [0.1, 0.15) is 5.76 Å². The molecule has 102 valence electrons. The molecular formula is C14H23NO3. The van der Waals surface area contributed by atoms with Crippen LogP contribution in [-0.4, -0.2) is 30.5 Å². The van der Waals surface area contributed by atoms with E-state index in [1.807, 2.05) is 19.1 Å². The molecule has 18 heavy (non-hydrogen) atoms. The van der Waals surface area contributed by atoms with Gasteiger partial charge in [-0.2, -0.15) is 0 Å². The molecule has 2 N–H and O–H groups in total. The minimum Gasteiger partial charge on any atom is -0.468 e. The van der Waals surface area contributed by atoms with Gasteiger partial charge in [-0.25, -0.2) is 0 Å². The fraction of sp³-hybridized carbons (Fsp3) is 0.714. The summed E-state index contributed by atoms with van der Waals surface area (Å²) in [5, 5.41) is 12.9. The van der Waals surface area contributed by atoms with E-state index in [4.69, 9.17) is 9.15 Å². The maximum Gasteiger partial charge on any atom is 0.123 e. The Morgan fingerprint density at radius 3 is 2.89 bits per heavy atom. The maximum atomic E-state index is 9.45. The molecule has 4 heteroatoms. The number of furan rings is 1. The Morgan fingerprint density at radius 1 is 1.61 bits per heavy atom. The van der Waals surface area contributed by atoms with Crippen molar-refractivity contribution in [3.05, 3.63) is 24.2 Å². The van der Waals surface area contributed by atoms with E-state index >= 15 is 0 Å². The van der Waals surface area contributed by atoms with E-state index in [0.717, 1.165) is 18.8 Å². The zero-order valence-corrected chi connectivity index (χ0v) is 11.3. The lowest BCUT2D eigenvalue weighted by molar-refractivity contribution is -0.118. The Hall–Kier alpha value is -0.840. The maximum absolute atomic E-state index is 9.45. The van der Waals surface area contributed by atoms with Crippen molar-refractivity contribution >= 4 is 0 Å². The van der Waals surface area contributed by atoms with E-state index in [9.17, 15) is 5.11 Å². The van der Waals surface area contributed by atoms with Crippen LogP contribution in [-0.2, 0) is 4.74 Å². The van der Waals surface area contributed by atoms with Crippen molar-refractivity contribution < 1.29 is 14.3 Å². The molecule has 0 aliphatic heterocycles. The fourth-order valence-electron chi connectivity index (χ4n) is 2.61. The lowest BCUT2D eigenvalue weighted by atomic mass is 9.64. The van der Waals surface area contributed by atoms with E-state index in [1.165, 1.54) is 0 Å².